The van der Waals surface area contributed by atoms with E-state index in [1.165, 1.54) is 7.11 Å². The summed E-state index contributed by atoms with van der Waals surface area (Å²) in [6.07, 6.45) is 0.813. The minimum Gasteiger partial charge on any atom is -0.467 e. The van der Waals surface area contributed by atoms with Gasteiger partial charge in [-0.25, -0.2) is 4.79 Å². The minimum absolute atomic E-state index is 0.132. The number of rotatable bonds is 11. The summed E-state index contributed by atoms with van der Waals surface area (Å²) in [5.74, 6) is -1.67. The van der Waals surface area contributed by atoms with E-state index in [1.807, 2.05) is 60.7 Å². The number of carbonyl (C=O) groups excluding carboxylic acids is 4. The molecule has 0 fully saturated rings. The van der Waals surface area contributed by atoms with E-state index in [4.69, 9.17) is 4.74 Å². The van der Waals surface area contributed by atoms with Gasteiger partial charge in [0.05, 0.1) is 7.11 Å². The highest BCUT2D eigenvalue weighted by Crippen LogP contribution is 2.12. The molecule has 8 nitrogen and oxygen atoms in total. The molecule has 3 amide bonds. The van der Waals surface area contributed by atoms with Crippen LogP contribution in [0.1, 0.15) is 34.8 Å². The Morgan fingerprint density at radius 2 is 1.27 bits per heavy atom. The van der Waals surface area contributed by atoms with E-state index >= 15 is 0 Å². The van der Waals surface area contributed by atoms with Crippen LogP contribution in [0.15, 0.2) is 84.9 Å². The van der Waals surface area contributed by atoms with Crippen molar-refractivity contribution in [3.63, 3.8) is 0 Å². The first kappa shape index (κ1) is 27.1. The van der Waals surface area contributed by atoms with Crippen LogP contribution in [0.2, 0.25) is 0 Å². The van der Waals surface area contributed by atoms with Crippen LogP contribution in [0.5, 0.6) is 0 Å². The van der Waals surface area contributed by atoms with Crippen LogP contribution in [-0.2, 0) is 32.0 Å². The molecule has 0 heterocycles. The molecule has 2 atom stereocenters. The Labute approximate surface area is 216 Å². The van der Waals surface area contributed by atoms with Crippen LogP contribution in [-0.4, -0.2) is 42.9 Å². The monoisotopic (exact) mass is 501 g/mol. The van der Waals surface area contributed by atoms with Crippen molar-refractivity contribution in [3.05, 3.63) is 102 Å². The SMILES string of the molecule is CCC(=O)Nc1ccc(C(=O)N[C@@H](Cc2ccccc2)C(=O)N[C@@H](Cc2ccccc2)C(=O)OC)cc1. The fourth-order valence-corrected chi connectivity index (χ4v) is 3.71. The van der Waals surface area contributed by atoms with Gasteiger partial charge in [0.1, 0.15) is 12.1 Å². The lowest BCUT2D eigenvalue weighted by molar-refractivity contribution is -0.145. The Hall–Kier alpha value is -4.46. The summed E-state index contributed by atoms with van der Waals surface area (Å²) in [5.41, 5.74) is 2.60. The van der Waals surface area contributed by atoms with Gasteiger partial charge >= 0.3 is 5.97 Å². The fraction of sp³-hybridized carbons (Fsp3) is 0.241. The first-order chi connectivity index (χ1) is 17.9. The number of anilines is 1. The predicted molar refractivity (Wildman–Crippen MR) is 141 cm³/mol. The molecule has 0 aromatic heterocycles. The fourth-order valence-electron chi connectivity index (χ4n) is 3.71. The first-order valence-corrected chi connectivity index (χ1v) is 12.1. The molecule has 3 aromatic carbocycles. The average Bonchev–Trinajstić information content (AvgIpc) is 2.93. The average molecular weight is 502 g/mol. The Kier molecular flexibility index (Phi) is 9.96. The molecule has 0 aliphatic carbocycles. The summed E-state index contributed by atoms with van der Waals surface area (Å²) in [4.78, 5) is 50.5. The summed E-state index contributed by atoms with van der Waals surface area (Å²) >= 11 is 0. The Balaban J connectivity index is 1.77. The molecule has 0 saturated heterocycles. The van der Waals surface area contributed by atoms with E-state index in [9.17, 15) is 19.2 Å². The molecule has 3 N–H and O–H groups in total. The lowest BCUT2D eigenvalue weighted by Crippen LogP contribution is -2.53. The first-order valence-electron chi connectivity index (χ1n) is 12.1. The van der Waals surface area contributed by atoms with Crippen molar-refractivity contribution in [1.29, 1.82) is 0 Å². The Morgan fingerprint density at radius 3 is 1.78 bits per heavy atom. The number of carbonyl (C=O) groups is 4. The second-order valence-electron chi connectivity index (χ2n) is 8.47. The maximum atomic E-state index is 13.4. The molecular formula is C29H31N3O5. The summed E-state index contributed by atoms with van der Waals surface area (Å²) in [5, 5.41) is 8.27. The highest BCUT2D eigenvalue weighted by molar-refractivity contribution is 5.99. The van der Waals surface area contributed by atoms with Gasteiger partial charge in [0.15, 0.2) is 0 Å². The van der Waals surface area contributed by atoms with Crippen molar-refractivity contribution >= 4 is 29.4 Å². The second-order valence-corrected chi connectivity index (χ2v) is 8.47. The van der Waals surface area contributed by atoms with Crippen molar-refractivity contribution in [1.82, 2.24) is 10.6 Å². The van der Waals surface area contributed by atoms with Gasteiger partial charge in [-0.2, -0.15) is 0 Å². The van der Waals surface area contributed by atoms with Crippen molar-refractivity contribution in [2.75, 3.05) is 12.4 Å². The highest BCUT2D eigenvalue weighted by Gasteiger charge is 2.28. The van der Waals surface area contributed by atoms with Crippen molar-refractivity contribution in [2.45, 2.75) is 38.3 Å². The molecule has 0 bridgehead atoms. The number of hydrogen-bond acceptors (Lipinski definition) is 5. The quantitative estimate of drug-likeness (QED) is 0.349. The lowest BCUT2D eigenvalue weighted by atomic mass is 10.0. The molecule has 3 aromatic rings. The number of benzene rings is 3. The summed E-state index contributed by atoms with van der Waals surface area (Å²) in [6.45, 7) is 1.75. The lowest BCUT2D eigenvalue weighted by Gasteiger charge is -2.23. The van der Waals surface area contributed by atoms with E-state index in [0.29, 0.717) is 17.7 Å². The summed E-state index contributed by atoms with van der Waals surface area (Å²) < 4.78 is 4.91. The number of nitrogens with one attached hydrogen (secondary N) is 3. The highest BCUT2D eigenvalue weighted by atomic mass is 16.5. The maximum Gasteiger partial charge on any atom is 0.328 e. The van der Waals surface area contributed by atoms with Crippen LogP contribution in [0, 0.1) is 0 Å². The van der Waals surface area contributed by atoms with Gasteiger partial charge in [0, 0.05) is 30.5 Å². The zero-order valence-electron chi connectivity index (χ0n) is 20.9. The van der Waals surface area contributed by atoms with Gasteiger partial charge in [-0.15, -0.1) is 0 Å². The van der Waals surface area contributed by atoms with Crippen molar-refractivity contribution in [2.24, 2.45) is 0 Å². The predicted octanol–water partition coefficient (Wildman–Crippen LogP) is 3.28. The zero-order chi connectivity index (χ0) is 26.6. The third-order valence-corrected chi connectivity index (χ3v) is 5.74. The van der Waals surface area contributed by atoms with Crippen LogP contribution < -0.4 is 16.0 Å². The van der Waals surface area contributed by atoms with Gasteiger partial charge in [0.2, 0.25) is 11.8 Å². The molecule has 0 aliphatic rings. The molecule has 3 rings (SSSR count). The molecule has 192 valence electrons. The molecule has 0 saturated carbocycles. The van der Waals surface area contributed by atoms with E-state index < -0.39 is 29.9 Å². The Bertz CT molecular complexity index is 1200. The topological polar surface area (TPSA) is 114 Å². The van der Waals surface area contributed by atoms with Crippen LogP contribution in [0.25, 0.3) is 0 Å². The maximum absolute atomic E-state index is 13.4. The van der Waals surface area contributed by atoms with Gasteiger partial charge in [0.25, 0.3) is 5.91 Å². The Morgan fingerprint density at radius 1 is 0.730 bits per heavy atom. The number of amides is 3. The molecule has 0 spiro atoms. The van der Waals surface area contributed by atoms with E-state index in [1.54, 1.807) is 31.2 Å². The summed E-state index contributed by atoms with van der Waals surface area (Å²) in [7, 11) is 1.27. The summed E-state index contributed by atoms with van der Waals surface area (Å²) in [6, 6.07) is 23.1. The molecule has 0 aliphatic heterocycles. The van der Waals surface area contributed by atoms with E-state index in [0.717, 1.165) is 11.1 Å². The zero-order valence-corrected chi connectivity index (χ0v) is 20.9. The molecule has 0 radical (unpaired) electrons. The van der Waals surface area contributed by atoms with E-state index in [2.05, 4.69) is 16.0 Å². The van der Waals surface area contributed by atoms with E-state index in [-0.39, 0.29) is 18.7 Å². The molecular weight excluding hydrogens is 470 g/mol. The van der Waals surface area contributed by atoms with Crippen molar-refractivity contribution in [3.8, 4) is 0 Å². The van der Waals surface area contributed by atoms with Gasteiger partial charge in [-0.3, -0.25) is 14.4 Å². The van der Waals surface area contributed by atoms with Gasteiger partial charge < -0.3 is 20.7 Å². The van der Waals surface area contributed by atoms with Crippen LogP contribution in [0.3, 0.4) is 0 Å². The number of ether oxygens (including phenoxy) is 1. The minimum atomic E-state index is -0.947. The molecule has 8 heteroatoms. The second kappa shape index (κ2) is 13.6. The molecule has 0 unspecified atom stereocenters. The van der Waals surface area contributed by atoms with Gasteiger partial charge in [-0.05, 0) is 35.4 Å². The smallest absolute Gasteiger partial charge is 0.328 e. The third kappa shape index (κ3) is 8.31. The van der Waals surface area contributed by atoms with Gasteiger partial charge in [-0.1, -0.05) is 67.6 Å². The number of esters is 1. The van der Waals surface area contributed by atoms with Crippen LogP contribution in [0.4, 0.5) is 5.69 Å². The van der Waals surface area contributed by atoms with Crippen molar-refractivity contribution < 1.29 is 23.9 Å². The number of hydrogen-bond donors (Lipinski definition) is 3. The number of methoxy groups -OCH3 is 1. The normalized spacial score (nSPS) is 12.1. The third-order valence-electron chi connectivity index (χ3n) is 5.74. The largest absolute Gasteiger partial charge is 0.467 e. The standard InChI is InChI=1S/C29H31N3O5/c1-3-26(33)30-23-16-14-22(15-17-23)27(34)31-24(18-20-10-6-4-7-11-20)28(35)32-25(29(36)37-2)19-21-12-8-5-9-13-21/h4-17,24-25H,3,18-19H2,1-2H3,(H,30,33)(H,31,34)(H,32,35)/t24-,25-/m0/s1. The van der Waals surface area contributed by atoms with Crippen LogP contribution >= 0.6 is 0 Å². The molecule has 37 heavy (non-hydrogen) atoms.